The normalized spacial score (nSPS) is 9.95. The Morgan fingerprint density at radius 1 is 1.18 bits per heavy atom. The van der Waals surface area contributed by atoms with Gasteiger partial charge in [0.05, 0.1) is 11.6 Å². The number of aromatic nitrogens is 3. The number of amides is 1. The molecule has 0 saturated carbocycles. The minimum absolute atomic E-state index is 0.237. The summed E-state index contributed by atoms with van der Waals surface area (Å²) in [6.45, 7) is 0. The van der Waals surface area contributed by atoms with Crippen LogP contribution in [0.5, 0.6) is 0 Å². The molecule has 2 N–H and O–H groups in total. The number of rotatable bonds is 3. The van der Waals surface area contributed by atoms with Gasteiger partial charge in [-0.3, -0.25) is 9.89 Å². The Kier molecular flexibility index (Phi) is 3.62. The van der Waals surface area contributed by atoms with Crippen molar-refractivity contribution >= 4 is 11.6 Å². The molecule has 3 aromatic rings. The van der Waals surface area contributed by atoms with Gasteiger partial charge in [0.1, 0.15) is 6.33 Å². The molecule has 1 amide bonds. The van der Waals surface area contributed by atoms with E-state index in [1.165, 1.54) is 6.33 Å². The van der Waals surface area contributed by atoms with Crippen molar-refractivity contribution in [2.24, 2.45) is 0 Å². The maximum absolute atomic E-state index is 12.2. The van der Waals surface area contributed by atoms with Crippen LogP contribution in [0.4, 0.5) is 5.69 Å². The number of H-pyrrole nitrogens is 1. The van der Waals surface area contributed by atoms with Crippen LogP contribution in [0.1, 0.15) is 15.9 Å². The van der Waals surface area contributed by atoms with Crippen molar-refractivity contribution in [1.82, 2.24) is 15.2 Å². The maximum Gasteiger partial charge on any atom is 0.255 e. The third-order valence-corrected chi connectivity index (χ3v) is 3.09. The largest absolute Gasteiger partial charge is 0.322 e. The minimum Gasteiger partial charge on any atom is -0.322 e. The lowest BCUT2D eigenvalue weighted by Crippen LogP contribution is -2.11. The zero-order chi connectivity index (χ0) is 15.4. The lowest BCUT2D eigenvalue weighted by Gasteiger charge is -2.06. The number of nitrogens with one attached hydrogen (secondary N) is 2. The molecule has 1 aromatic heterocycles. The zero-order valence-corrected chi connectivity index (χ0v) is 11.4. The summed E-state index contributed by atoms with van der Waals surface area (Å²) in [4.78, 5) is 16.3. The molecule has 0 bridgehead atoms. The molecule has 3 rings (SSSR count). The van der Waals surface area contributed by atoms with Gasteiger partial charge in [-0.1, -0.05) is 12.1 Å². The van der Waals surface area contributed by atoms with Gasteiger partial charge in [-0.2, -0.15) is 10.4 Å². The summed E-state index contributed by atoms with van der Waals surface area (Å²) >= 11 is 0. The fourth-order valence-corrected chi connectivity index (χ4v) is 1.99. The second kappa shape index (κ2) is 5.89. The molecule has 106 valence electrons. The van der Waals surface area contributed by atoms with Gasteiger partial charge in [-0.05, 0) is 36.4 Å². The van der Waals surface area contributed by atoms with Gasteiger partial charge in [0, 0.05) is 16.8 Å². The Balaban J connectivity index is 1.79. The first-order chi connectivity index (χ1) is 10.8. The number of hydrogen-bond donors (Lipinski definition) is 2. The molecule has 0 spiro atoms. The van der Waals surface area contributed by atoms with Crippen molar-refractivity contribution in [3.63, 3.8) is 0 Å². The van der Waals surface area contributed by atoms with E-state index in [0.29, 0.717) is 22.6 Å². The van der Waals surface area contributed by atoms with E-state index in [2.05, 4.69) is 20.5 Å². The highest BCUT2D eigenvalue weighted by Crippen LogP contribution is 2.19. The summed E-state index contributed by atoms with van der Waals surface area (Å²) in [5.74, 6) is 0.397. The molecule has 0 aliphatic heterocycles. The number of nitrogens with zero attached hydrogens (tertiary/aromatic N) is 3. The Morgan fingerprint density at radius 3 is 2.68 bits per heavy atom. The molecule has 0 atom stereocenters. The van der Waals surface area contributed by atoms with Crippen LogP contribution in [0, 0.1) is 11.3 Å². The molecule has 6 heteroatoms. The summed E-state index contributed by atoms with van der Waals surface area (Å²) in [6.07, 6.45) is 1.43. The Hall–Kier alpha value is -3.46. The van der Waals surface area contributed by atoms with Crippen molar-refractivity contribution < 1.29 is 4.79 Å². The van der Waals surface area contributed by atoms with Crippen LogP contribution in [-0.2, 0) is 0 Å². The predicted molar refractivity (Wildman–Crippen MR) is 80.9 cm³/mol. The van der Waals surface area contributed by atoms with Gasteiger partial charge < -0.3 is 5.32 Å². The van der Waals surface area contributed by atoms with E-state index in [0.717, 1.165) is 5.56 Å². The smallest absolute Gasteiger partial charge is 0.255 e. The molecule has 0 unspecified atom stereocenters. The first kappa shape index (κ1) is 13.5. The third-order valence-electron chi connectivity index (χ3n) is 3.09. The van der Waals surface area contributed by atoms with Crippen molar-refractivity contribution in [2.75, 3.05) is 5.32 Å². The van der Waals surface area contributed by atoms with Gasteiger partial charge in [0.25, 0.3) is 5.91 Å². The molecule has 0 fully saturated rings. The van der Waals surface area contributed by atoms with Crippen molar-refractivity contribution in [1.29, 1.82) is 5.26 Å². The average molecular weight is 289 g/mol. The lowest BCUT2D eigenvalue weighted by atomic mass is 10.1. The third kappa shape index (κ3) is 2.83. The van der Waals surface area contributed by atoms with E-state index < -0.39 is 0 Å². The van der Waals surface area contributed by atoms with Crippen LogP contribution < -0.4 is 5.32 Å². The van der Waals surface area contributed by atoms with E-state index in [1.54, 1.807) is 30.3 Å². The molecule has 0 aliphatic rings. The SMILES string of the molecule is N#Cc1ccc(C(=O)Nc2cccc(-c3ncn[nH]3)c2)cc1. The highest BCUT2D eigenvalue weighted by Gasteiger charge is 2.07. The number of anilines is 1. The van der Waals surface area contributed by atoms with E-state index in [4.69, 9.17) is 5.26 Å². The summed E-state index contributed by atoms with van der Waals surface area (Å²) in [6, 6.07) is 15.8. The fraction of sp³-hybridized carbons (Fsp3) is 0. The van der Waals surface area contributed by atoms with E-state index in [1.807, 2.05) is 24.3 Å². The van der Waals surface area contributed by atoms with E-state index in [9.17, 15) is 4.79 Å². The Morgan fingerprint density at radius 2 is 2.00 bits per heavy atom. The van der Waals surface area contributed by atoms with Gasteiger partial charge in [0.2, 0.25) is 0 Å². The fourth-order valence-electron chi connectivity index (χ4n) is 1.99. The summed E-state index contributed by atoms with van der Waals surface area (Å²) < 4.78 is 0. The number of benzene rings is 2. The summed E-state index contributed by atoms with van der Waals surface area (Å²) in [5, 5.41) is 18.2. The first-order valence-corrected chi connectivity index (χ1v) is 6.53. The zero-order valence-electron chi connectivity index (χ0n) is 11.4. The molecule has 6 nitrogen and oxygen atoms in total. The molecule has 2 aromatic carbocycles. The highest BCUT2D eigenvalue weighted by molar-refractivity contribution is 6.04. The second-order valence-corrected chi connectivity index (χ2v) is 4.56. The van der Waals surface area contributed by atoms with Crippen molar-refractivity contribution in [2.45, 2.75) is 0 Å². The average Bonchev–Trinajstić information content (AvgIpc) is 3.10. The number of nitriles is 1. The van der Waals surface area contributed by atoms with Gasteiger partial charge >= 0.3 is 0 Å². The van der Waals surface area contributed by atoms with Gasteiger partial charge in [-0.25, -0.2) is 4.98 Å². The highest BCUT2D eigenvalue weighted by atomic mass is 16.1. The van der Waals surface area contributed by atoms with Crippen LogP contribution >= 0.6 is 0 Å². The number of carbonyl (C=O) groups excluding carboxylic acids is 1. The molecule has 0 radical (unpaired) electrons. The summed E-state index contributed by atoms with van der Waals surface area (Å²) in [5.41, 5.74) is 2.49. The van der Waals surface area contributed by atoms with Crippen LogP contribution in [-0.4, -0.2) is 21.1 Å². The monoisotopic (exact) mass is 289 g/mol. The maximum atomic E-state index is 12.2. The Bertz CT molecular complexity index is 832. The number of aromatic amines is 1. The predicted octanol–water partition coefficient (Wildman–Crippen LogP) is 2.60. The standard InChI is InChI=1S/C16H11N5O/c17-9-11-4-6-12(7-5-11)16(22)20-14-3-1-2-13(8-14)15-18-10-19-21-15/h1-8,10H,(H,20,22)(H,18,19,21). The quantitative estimate of drug-likeness (QED) is 0.774. The van der Waals surface area contributed by atoms with Crippen LogP contribution in [0.25, 0.3) is 11.4 Å². The minimum atomic E-state index is -0.237. The Labute approximate surface area is 126 Å². The number of hydrogen-bond acceptors (Lipinski definition) is 4. The van der Waals surface area contributed by atoms with Crippen molar-refractivity contribution in [3.05, 3.63) is 66.0 Å². The van der Waals surface area contributed by atoms with Crippen LogP contribution in [0.2, 0.25) is 0 Å². The molecular weight excluding hydrogens is 278 g/mol. The molecule has 0 saturated heterocycles. The van der Waals surface area contributed by atoms with E-state index >= 15 is 0 Å². The lowest BCUT2D eigenvalue weighted by molar-refractivity contribution is 0.102. The second-order valence-electron chi connectivity index (χ2n) is 4.56. The topological polar surface area (TPSA) is 94.5 Å². The molecule has 0 aliphatic carbocycles. The first-order valence-electron chi connectivity index (χ1n) is 6.53. The van der Waals surface area contributed by atoms with Crippen LogP contribution in [0.3, 0.4) is 0 Å². The van der Waals surface area contributed by atoms with Crippen LogP contribution in [0.15, 0.2) is 54.9 Å². The van der Waals surface area contributed by atoms with Crippen molar-refractivity contribution in [3.8, 4) is 17.5 Å². The van der Waals surface area contributed by atoms with Gasteiger partial charge in [-0.15, -0.1) is 0 Å². The molecule has 22 heavy (non-hydrogen) atoms. The molecular formula is C16H11N5O. The summed E-state index contributed by atoms with van der Waals surface area (Å²) in [7, 11) is 0. The van der Waals surface area contributed by atoms with E-state index in [-0.39, 0.29) is 5.91 Å². The van der Waals surface area contributed by atoms with Gasteiger partial charge in [0.15, 0.2) is 5.82 Å². The molecule has 1 heterocycles. The number of carbonyl (C=O) groups is 1.